The summed E-state index contributed by atoms with van der Waals surface area (Å²) in [5.41, 5.74) is 1.32. The molecule has 2 heterocycles. The number of hydrogen-bond acceptors (Lipinski definition) is 5. The summed E-state index contributed by atoms with van der Waals surface area (Å²) in [7, 11) is -0.504. The molecule has 126 valence electrons. The minimum atomic E-state index is -3.46. The Morgan fingerprint density at radius 2 is 1.96 bits per heavy atom. The predicted octanol–water partition coefficient (Wildman–Crippen LogP) is 2.84. The van der Waals surface area contributed by atoms with Crippen molar-refractivity contribution in [3.8, 4) is 0 Å². The molecule has 1 N–H and O–H groups in total. The zero-order chi connectivity index (χ0) is 17.3. The van der Waals surface area contributed by atoms with E-state index in [2.05, 4.69) is 4.98 Å². The molecule has 0 saturated heterocycles. The summed E-state index contributed by atoms with van der Waals surface area (Å²) >= 11 is 1.10. The number of carbonyl (C=O) groups is 1. The highest BCUT2D eigenvalue weighted by atomic mass is 32.2. The summed E-state index contributed by atoms with van der Waals surface area (Å²) < 4.78 is 30.8. The SMILES string of the molecule is CN(C)S(=O)(=O)c1ccc(COC(=O)c2c[nH]c3ccccc23)s1. The molecule has 0 atom stereocenters. The molecule has 3 aromatic rings. The molecule has 0 aliphatic rings. The van der Waals surface area contributed by atoms with Crippen molar-refractivity contribution in [1.29, 1.82) is 0 Å². The Labute approximate surface area is 143 Å². The number of aromatic amines is 1. The molecule has 0 saturated carbocycles. The summed E-state index contributed by atoms with van der Waals surface area (Å²) in [6.45, 7) is 0.0337. The van der Waals surface area contributed by atoms with E-state index in [1.54, 1.807) is 12.3 Å². The van der Waals surface area contributed by atoms with Crippen LogP contribution in [0.4, 0.5) is 0 Å². The van der Waals surface area contributed by atoms with E-state index in [1.807, 2.05) is 24.3 Å². The van der Waals surface area contributed by atoms with Crippen LogP contribution in [0.5, 0.6) is 0 Å². The number of para-hydroxylation sites is 1. The Balaban J connectivity index is 1.72. The first kappa shape index (κ1) is 16.7. The van der Waals surface area contributed by atoms with Gasteiger partial charge in [0, 0.05) is 36.1 Å². The molecule has 0 bridgehead atoms. The summed E-state index contributed by atoms with van der Waals surface area (Å²) in [6, 6.07) is 10.6. The fraction of sp³-hybridized carbons (Fsp3) is 0.188. The largest absolute Gasteiger partial charge is 0.456 e. The molecule has 0 amide bonds. The number of esters is 1. The lowest BCUT2D eigenvalue weighted by Gasteiger charge is -2.08. The first-order valence-corrected chi connectivity index (χ1v) is 9.40. The second-order valence-electron chi connectivity index (χ2n) is 5.33. The van der Waals surface area contributed by atoms with Crippen LogP contribution in [0.25, 0.3) is 10.9 Å². The number of thiophene rings is 1. The van der Waals surface area contributed by atoms with Crippen molar-refractivity contribution in [3.05, 3.63) is 53.0 Å². The van der Waals surface area contributed by atoms with E-state index in [4.69, 9.17) is 4.74 Å². The third kappa shape index (κ3) is 3.08. The van der Waals surface area contributed by atoms with Crippen LogP contribution >= 0.6 is 11.3 Å². The first-order valence-electron chi connectivity index (χ1n) is 7.14. The molecule has 0 radical (unpaired) electrons. The number of hydrogen-bond donors (Lipinski definition) is 1. The lowest BCUT2D eigenvalue weighted by atomic mass is 10.2. The van der Waals surface area contributed by atoms with E-state index >= 15 is 0 Å². The number of benzene rings is 1. The Morgan fingerprint density at radius 1 is 1.21 bits per heavy atom. The quantitative estimate of drug-likeness (QED) is 0.706. The minimum Gasteiger partial charge on any atom is -0.456 e. The number of nitrogens with zero attached hydrogens (tertiary/aromatic N) is 1. The van der Waals surface area contributed by atoms with E-state index in [1.165, 1.54) is 20.2 Å². The third-order valence-electron chi connectivity index (χ3n) is 3.53. The normalized spacial score (nSPS) is 12.0. The average Bonchev–Trinajstić information content (AvgIpc) is 3.19. The highest BCUT2D eigenvalue weighted by Crippen LogP contribution is 2.25. The average molecular weight is 364 g/mol. The Morgan fingerprint density at radius 3 is 2.71 bits per heavy atom. The van der Waals surface area contributed by atoms with Gasteiger partial charge in [-0.05, 0) is 18.2 Å². The van der Waals surface area contributed by atoms with E-state index in [-0.39, 0.29) is 10.8 Å². The standard InChI is InChI=1S/C16H16N2O4S2/c1-18(2)24(20,21)15-8-7-11(23-15)10-22-16(19)13-9-17-14-6-4-3-5-12(13)14/h3-9,17H,10H2,1-2H3. The molecular weight excluding hydrogens is 348 g/mol. The van der Waals surface area contributed by atoms with Gasteiger partial charge in [0.05, 0.1) is 5.56 Å². The Kier molecular flexibility index (Phi) is 4.44. The van der Waals surface area contributed by atoms with E-state index in [9.17, 15) is 13.2 Å². The van der Waals surface area contributed by atoms with Crippen molar-refractivity contribution in [2.24, 2.45) is 0 Å². The van der Waals surface area contributed by atoms with Crippen LogP contribution in [0.3, 0.4) is 0 Å². The molecule has 2 aromatic heterocycles. The summed E-state index contributed by atoms with van der Waals surface area (Å²) in [6.07, 6.45) is 1.61. The number of sulfonamides is 1. The molecule has 0 aliphatic heterocycles. The van der Waals surface area contributed by atoms with Crippen LogP contribution in [0.1, 0.15) is 15.2 Å². The molecule has 3 rings (SSSR count). The lowest BCUT2D eigenvalue weighted by Crippen LogP contribution is -2.21. The number of nitrogens with one attached hydrogen (secondary N) is 1. The van der Waals surface area contributed by atoms with Crippen molar-refractivity contribution in [2.45, 2.75) is 10.8 Å². The van der Waals surface area contributed by atoms with Gasteiger partial charge in [-0.2, -0.15) is 0 Å². The second-order valence-corrected chi connectivity index (χ2v) is 8.88. The predicted molar refractivity (Wildman–Crippen MR) is 92.6 cm³/mol. The monoisotopic (exact) mass is 364 g/mol. The molecular formula is C16H16N2O4S2. The number of rotatable bonds is 5. The van der Waals surface area contributed by atoms with Gasteiger partial charge in [-0.3, -0.25) is 0 Å². The molecule has 0 unspecified atom stereocenters. The maximum atomic E-state index is 12.2. The van der Waals surface area contributed by atoms with Crippen LogP contribution < -0.4 is 0 Å². The zero-order valence-corrected chi connectivity index (χ0v) is 14.8. The summed E-state index contributed by atoms with van der Waals surface area (Å²) in [4.78, 5) is 15.9. The van der Waals surface area contributed by atoms with E-state index < -0.39 is 16.0 Å². The van der Waals surface area contributed by atoms with Crippen LogP contribution in [0.15, 0.2) is 46.8 Å². The van der Waals surface area contributed by atoms with Crippen molar-refractivity contribution in [2.75, 3.05) is 14.1 Å². The van der Waals surface area contributed by atoms with Crippen LogP contribution in [-0.4, -0.2) is 37.8 Å². The van der Waals surface area contributed by atoms with Gasteiger partial charge in [0.1, 0.15) is 10.8 Å². The lowest BCUT2D eigenvalue weighted by molar-refractivity contribution is 0.0479. The van der Waals surface area contributed by atoms with Crippen LogP contribution in [-0.2, 0) is 21.4 Å². The fourth-order valence-electron chi connectivity index (χ4n) is 2.21. The number of H-pyrrole nitrogens is 1. The summed E-state index contributed by atoms with van der Waals surface area (Å²) in [5, 5.41) is 0.796. The van der Waals surface area contributed by atoms with Crippen molar-refractivity contribution >= 4 is 38.2 Å². The molecule has 8 heteroatoms. The van der Waals surface area contributed by atoms with Gasteiger partial charge in [0.25, 0.3) is 10.0 Å². The second kappa shape index (κ2) is 6.39. The zero-order valence-electron chi connectivity index (χ0n) is 13.1. The van der Waals surface area contributed by atoms with Crippen LogP contribution in [0.2, 0.25) is 0 Å². The fourth-order valence-corrected chi connectivity index (χ4v) is 4.65. The van der Waals surface area contributed by atoms with Gasteiger partial charge in [-0.25, -0.2) is 17.5 Å². The van der Waals surface area contributed by atoms with Crippen molar-refractivity contribution in [1.82, 2.24) is 9.29 Å². The molecule has 6 nitrogen and oxygen atoms in total. The van der Waals surface area contributed by atoms with Gasteiger partial charge in [0.15, 0.2) is 0 Å². The maximum Gasteiger partial charge on any atom is 0.340 e. The minimum absolute atomic E-state index is 0.0337. The van der Waals surface area contributed by atoms with Gasteiger partial charge < -0.3 is 9.72 Å². The number of aromatic nitrogens is 1. The number of ether oxygens (including phenoxy) is 1. The molecule has 24 heavy (non-hydrogen) atoms. The first-order chi connectivity index (χ1) is 11.4. The third-order valence-corrected chi connectivity index (χ3v) is 6.87. The van der Waals surface area contributed by atoms with Crippen LogP contribution in [0, 0.1) is 0 Å². The highest BCUT2D eigenvalue weighted by molar-refractivity contribution is 7.91. The summed E-state index contributed by atoms with van der Waals surface area (Å²) in [5.74, 6) is -0.446. The molecule has 1 aromatic carbocycles. The van der Waals surface area contributed by atoms with E-state index in [0.717, 1.165) is 26.5 Å². The van der Waals surface area contributed by atoms with Gasteiger partial charge in [0.2, 0.25) is 0 Å². The van der Waals surface area contributed by atoms with Gasteiger partial charge in [-0.1, -0.05) is 18.2 Å². The van der Waals surface area contributed by atoms with Crippen molar-refractivity contribution < 1.29 is 17.9 Å². The molecule has 0 aliphatic carbocycles. The number of carbonyl (C=O) groups excluding carboxylic acids is 1. The maximum absolute atomic E-state index is 12.2. The molecule has 0 fully saturated rings. The van der Waals surface area contributed by atoms with E-state index in [0.29, 0.717) is 10.4 Å². The number of fused-ring (bicyclic) bond motifs is 1. The topological polar surface area (TPSA) is 79.5 Å². The molecule has 0 spiro atoms. The Hall–Kier alpha value is -2.16. The Bertz CT molecular complexity index is 986. The van der Waals surface area contributed by atoms with Crippen molar-refractivity contribution in [3.63, 3.8) is 0 Å². The van der Waals surface area contributed by atoms with Gasteiger partial charge >= 0.3 is 5.97 Å². The highest BCUT2D eigenvalue weighted by Gasteiger charge is 2.20. The smallest absolute Gasteiger partial charge is 0.340 e. The van der Waals surface area contributed by atoms with Gasteiger partial charge in [-0.15, -0.1) is 11.3 Å².